The largest absolute Gasteiger partial charge is 0.464 e. The van der Waals surface area contributed by atoms with E-state index in [1.165, 1.54) is 35.6 Å². The summed E-state index contributed by atoms with van der Waals surface area (Å²) in [7, 11) is 0. The molecule has 1 aliphatic heterocycles. The first-order valence-corrected chi connectivity index (χ1v) is 14.0. The van der Waals surface area contributed by atoms with Crippen LogP contribution in [-0.2, 0) is 4.79 Å². The van der Waals surface area contributed by atoms with Gasteiger partial charge in [0.15, 0.2) is 11.1 Å². The molecule has 2 bridgehead atoms. The smallest absolute Gasteiger partial charge is 0.333 e. The Hall–Kier alpha value is -5.22. The normalized spacial score (nSPS) is 16.9. The van der Waals surface area contributed by atoms with Crippen LogP contribution in [0.3, 0.4) is 0 Å². The first kappa shape index (κ1) is 28.9. The van der Waals surface area contributed by atoms with Gasteiger partial charge in [-0.3, -0.25) is 14.6 Å². The highest BCUT2D eigenvalue weighted by Crippen LogP contribution is 2.37. The van der Waals surface area contributed by atoms with Crippen molar-refractivity contribution in [3.05, 3.63) is 93.4 Å². The Balaban J connectivity index is 1.44. The molecule has 0 saturated carbocycles. The van der Waals surface area contributed by atoms with Crippen molar-refractivity contribution < 1.29 is 18.0 Å². The van der Waals surface area contributed by atoms with Gasteiger partial charge in [0.05, 0.1) is 35.7 Å². The third-order valence-corrected chi connectivity index (χ3v) is 7.78. The van der Waals surface area contributed by atoms with Crippen LogP contribution in [0.1, 0.15) is 55.6 Å². The second-order valence-corrected chi connectivity index (χ2v) is 10.8. The zero-order valence-electron chi connectivity index (χ0n) is 23.1. The molecule has 1 amide bonds. The standard InChI is InChI=1S/C30H23ClF2N8O3/c1-16-3-2-4-20(23-9-17(7-8-35-23)28-24(37-29(16)43)13-36-41(28)30(32)33)22-15-44-27(11-26(22)42)21-10-18(31)5-6-25(21)40-14-19(12-34)38-39-40/h5-11,13-16,20,30H,2-4H2,1H3,(H,37,43)/t16-,20?/m0/s1. The molecule has 0 spiro atoms. The lowest BCUT2D eigenvalue weighted by atomic mass is 9.88. The summed E-state index contributed by atoms with van der Waals surface area (Å²) in [6, 6.07) is 11.4. The maximum absolute atomic E-state index is 13.9. The minimum absolute atomic E-state index is 0.0343. The summed E-state index contributed by atoms with van der Waals surface area (Å²) in [5.41, 5.74) is 2.03. The Morgan fingerprint density at radius 1 is 1.18 bits per heavy atom. The Bertz CT molecular complexity index is 1980. The number of halogens is 3. The molecule has 222 valence electrons. The predicted octanol–water partition coefficient (Wildman–Crippen LogP) is 5.96. The number of nitrogens with zero attached hydrogens (tertiary/aromatic N) is 7. The lowest BCUT2D eigenvalue weighted by Crippen LogP contribution is -2.22. The molecule has 11 nitrogen and oxygen atoms in total. The van der Waals surface area contributed by atoms with Gasteiger partial charge in [0, 0.05) is 51.5 Å². The molecular weight excluding hydrogens is 594 g/mol. The molecule has 44 heavy (non-hydrogen) atoms. The van der Waals surface area contributed by atoms with Crippen molar-refractivity contribution in [2.75, 3.05) is 5.32 Å². The molecule has 1 N–H and O–H groups in total. The van der Waals surface area contributed by atoms with Crippen LogP contribution < -0.4 is 10.7 Å². The lowest BCUT2D eigenvalue weighted by molar-refractivity contribution is -0.119. The monoisotopic (exact) mass is 616 g/mol. The van der Waals surface area contributed by atoms with Crippen molar-refractivity contribution in [2.45, 2.75) is 38.7 Å². The highest BCUT2D eigenvalue weighted by Gasteiger charge is 2.27. The number of aromatic nitrogens is 6. The Morgan fingerprint density at radius 3 is 2.77 bits per heavy atom. The molecule has 0 aliphatic carbocycles. The van der Waals surface area contributed by atoms with Gasteiger partial charge < -0.3 is 9.73 Å². The van der Waals surface area contributed by atoms with Crippen molar-refractivity contribution in [2.24, 2.45) is 5.92 Å². The number of anilines is 1. The molecule has 0 radical (unpaired) electrons. The molecule has 5 aromatic rings. The summed E-state index contributed by atoms with van der Waals surface area (Å²) in [5, 5.41) is 23.9. The van der Waals surface area contributed by atoms with E-state index in [0.29, 0.717) is 57.0 Å². The Morgan fingerprint density at radius 2 is 2.02 bits per heavy atom. The van der Waals surface area contributed by atoms with Crippen molar-refractivity contribution in [1.29, 1.82) is 5.26 Å². The van der Waals surface area contributed by atoms with Crippen LogP contribution in [0.15, 0.2) is 70.5 Å². The van der Waals surface area contributed by atoms with Crippen LogP contribution in [-0.4, -0.2) is 35.7 Å². The predicted molar refractivity (Wildman–Crippen MR) is 155 cm³/mol. The number of carbonyl (C=O) groups is 1. The second-order valence-electron chi connectivity index (χ2n) is 10.4. The molecule has 5 heterocycles. The number of benzene rings is 1. The van der Waals surface area contributed by atoms with E-state index in [0.717, 1.165) is 0 Å². The quantitative estimate of drug-likeness (QED) is 0.260. The summed E-state index contributed by atoms with van der Waals surface area (Å²) in [6.45, 7) is -1.20. The van der Waals surface area contributed by atoms with Crippen LogP contribution >= 0.6 is 11.6 Å². The third-order valence-electron chi connectivity index (χ3n) is 7.54. The molecule has 6 rings (SSSR count). The number of nitrogens with one attached hydrogen (secondary N) is 1. The number of carbonyl (C=O) groups excluding carboxylic acids is 1. The van der Waals surface area contributed by atoms with E-state index < -0.39 is 18.4 Å². The van der Waals surface area contributed by atoms with Crippen molar-refractivity contribution >= 4 is 23.2 Å². The average Bonchev–Trinajstić information content (AvgIpc) is 3.67. The first-order chi connectivity index (χ1) is 21.2. The number of pyridine rings is 1. The fourth-order valence-corrected chi connectivity index (χ4v) is 5.48. The molecule has 4 aromatic heterocycles. The summed E-state index contributed by atoms with van der Waals surface area (Å²) in [6.07, 6.45) is 6.97. The molecule has 2 atom stereocenters. The lowest BCUT2D eigenvalue weighted by Gasteiger charge is -2.20. The van der Waals surface area contributed by atoms with Crippen LogP contribution in [0.5, 0.6) is 0 Å². The minimum atomic E-state index is -2.95. The summed E-state index contributed by atoms with van der Waals surface area (Å²) in [5.74, 6) is -1.10. The van der Waals surface area contributed by atoms with Crippen LogP contribution in [0.4, 0.5) is 14.5 Å². The number of hydrogen-bond acceptors (Lipinski definition) is 8. The third kappa shape index (κ3) is 5.47. The highest BCUT2D eigenvalue weighted by molar-refractivity contribution is 6.31. The van der Waals surface area contributed by atoms with E-state index in [-0.39, 0.29) is 34.2 Å². The minimum Gasteiger partial charge on any atom is -0.464 e. The SMILES string of the molecule is C[C@H]1CCCC(c2coc(-c3cc(Cl)ccc3-n3cc(C#N)nn3)cc2=O)c2cc(ccn2)-c2c(cnn2C(F)F)NC1=O. The van der Waals surface area contributed by atoms with Gasteiger partial charge in [0.1, 0.15) is 11.8 Å². The number of alkyl halides is 2. The molecule has 0 fully saturated rings. The topological polar surface area (TPSA) is 145 Å². The van der Waals surface area contributed by atoms with Gasteiger partial charge in [-0.25, -0.2) is 9.36 Å². The second kappa shape index (κ2) is 11.8. The van der Waals surface area contributed by atoms with Crippen LogP contribution in [0.25, 0.3) is 28.3 Å². The average molecular weight is 617 g/mol. The van der Waals surface area contributed by atoms with Crippen LogP contribution in [0.2, 0.25) is 5.02 Å². The number of nitriles is 1. The zero-order chi connectivity index (χ0) is 31.0. The number of fused-ring (bicyclic) bond motifs is 4. The van der Waals surface area contributed by atoms with Gasteiger partial charge in [0.25, 0.3) is 0 Å². The van der Waals surface area contributed by atoms with E-state index >= 15 is 0 Å². The number of hydrogen-bond donors (Lipinski definition) is 1. The van der Waals surface area contributed by atoms with E-state index in [1.807, 2.05) is 6.07 Å². The van der Waals surface area contributed by atoms with E-state index in [9.17, 15) is 18.4 Å². The van der Waals surface area contributed by atoms with Gasteiger partial charge in [0.2, 0.25) is 5.91 Å². The highest BCUT2D eigenvalue weighted by atomic mass is 35.5. The van der Waals surface area contributed by atoms with E-state index in [2.05, 4.69) is 25.7 Å². The van der Waals surface area contributed by atoms with Crippen molar-refractivity contribution in [1.82, 2.24) is 29.8 Å². The molecular formula is C30H23ClF2N8O3. The van der Waals surface area contributed by atoms with Crippen LogP contribution in [0, 0.1) is 17.2 Å². The Kier molecular flexibility index (Phi) is 7.75. The maximum Gasteiger partial charge on any atom is 0.333 e. The fraction of sp³-hybridized carbons (Fsp3) is 0.233. The molecule has 1 aromatic carbocycles. The van der Waals surface area contributed by atoms with Gasteiger partial charge in [-0.1, -0.05) is 30.2 Å². The Labute approximate surface area is 253 Å². The first-order valence-electron chi connectivity index (χ1n) is 13.6. The molecule has 0 saturated heterocycles. The summed E-state index contributed by atoms with van der Waals surface area (Å²) in [4.78, 5) is 31.1. The van der Waals surface area contributed by atoms with Crippen molar-refractivity contribution in [3.63, 3.8) is 0 Å². The molecule has 1 aliphatic rings. The maximum atomic E-state index is 13.9. The summed E-state index contributed by atoms with van der Waals surface area (Å²) < 4.78 is 35.8. The van der Waals surface area contributed by atoms with E-state index in [1.54, 1.807) is 37.3 Å². The van der Waals surface area contributed by atoms with E-state index in [4.69, 9.17) is 21.3 Å². The zero-order valence-corrected chi connectivity index (χ0v) is 23.9. The fourth-order valence-electron chi connectivity index (χ4n) is 5.31. The number of rotatable bonds is 4. The van der Waals surface area contributed by atoms with Gasteiger partial charge in [-0.05, 0) is 43.2 Å². The van der Waals surface area contributed by atoms with Gasteiger partial charge in [-0.2, -0.15) is 19.1 Å². The molecule has 1 unspecified atom stereocenters. The van der Waals surface area contributed by atoms with Gasteiger partial charge in [-0.15, -0.1) is 5.10 Å². The van der Waals surface area contributed by atoms with Gasteiger partial charge >= 0.3 is 6.55 Å². The summed E-state index contributed by atoms with van der Waals surface area (Å²) >= 11 is 6.28. The molecule has 14 heteroatoms. The van der Waals surface area contributed by atoms with Crippen molar-refractivity contribution in [3.8, 4) is 34.3 Å². The number of amides is 1.